The monoisotopic (exact) mass is 342 g/mol. The largest absolute Gasteiger partial charge is 0.394 e. The molecule has 20 heavy (non-hydrogen) atoms. The van der Waals surface area contributed by atoms with Crippen LogP contribution in [0.3, 0.4) is 0 Å². The van der Waals surface area contributed by atoms with Crippen LogP contribution in [-0.4, -0.2) is 31.3 Å². The van der Waals surface area contributed by atoms with Crippen molar-refractivity contribution in [1.29, 1.82) is 0 Å². The lowest BCUT2D eigenvalue weighted by atomic mass is 10.3. The Balaban J connectivity index is 2.16. The molecule has 108 valence electrons. The fourth-order valence-electron chi connectivity index (χ4n) is 1.66. The van der Waals surface area contributed by atoms with Gasteiger partial charge >= 0.3 is 0 Å². The van der Waals surface area contributed by atoms with E-state index in [1.807, 2.05) is 0 Å². The first-order valence-electron chi connectivity index (χ1n) is 5.91. The predicted octanol–water partition coefficient (Wildman–Crippen LogP) is -0.0741. The zero-order chi connectivity index (χ0) is 14.7. The third kappa shape index (κ3) is 2.83. The van der Waals surface area contributed by atoms with Gasteiger partial charge in [0.05, 0.1) is 31.2 Å². The number of nitrogens with one attached hydrogen (secondary N) is 1. The third-order valence-electron chi connectivity index (χ3n) is 2.83. The Labute approximate surface area is 123 Å². The second-order valence-corrected chi connectivity index (χ2v) is 4.95. The number of aromatic nitrogens is 4. The van der Waals surface area contributed by atoms with E-state index in [-0.39, 0.29) is 18.7 Å². The number of aliphatic hydroxyl groups is 1. The van der Waals surface area contributed by atoms with E-state index in [4.69, 9.17) is 10.8 Å². The minimum atomic E-state index is -0.303. The standard InChI is InChI=1S/C11H15BrN6O2/c1-17-10(13)7(5-15-17)4-14-8-6-16-18(2-3-19)11(20)9(8)12/h5-6,14,19H,2-4,13H2,1H3. The van der Waals surface area contributed by atoms with Crippen LogP contribution in [0, 0.1) is 0 Å². The summed E-state index contributed by atoms with van der Waals surface area (Å²) in [6, 6.07) is 0. The van der Waals surface area contributed by atoms with Gasteiger partial charge in [0, 0.05) is 19.2 Å². The van der Waals surface area contributed by atoms with Gasteiger partial charge in [-0.2, -0.15) is 10.2 Å². The molecule has 0 unspecified atom stereocenters. The lowest BCUT2D eigenvalue weighted by Gasteiger charge is -2.09. The normalized spacial score (nSPS) is 10.8. The van der Waals surface area contributed by atoms with Crippen LogP contribution >= 0.6 is 15.9 Å². The van der Waals surface area contributed by atoms with E-state index in [9.17, 15) is 4.79 Å². The van der Waals surface area contributed by atoms with Crippen molar-refractivity contribution in [1.82, 2.24) is 19.6 Å². The first-order valence-corrected chi connectivity index (χ1v) is 6.70. The number of nitrogen functional groups attached to an aromatic ring is 1. The van der Waals surface area contributed by atoms with Crippen molar-refractivity contribution in [3.8, 4) is 0 Å². The molecule has 0 aliphatic heterocycles. The molecule has 2 aromatic rings. The highest BCUT2D eigenvalue weighted by Crippen LogP contribution is 2.18. The van der Waals surface area contributed by atoms with Crippen LogP contribution in [0.4, 0.5) is 11.5 Å². The van der Waals surface area contributed by atoms with Gasteiger partial charge in [0.1, 0.15) is 10.3 Å². The van der Waals surface area contributed by atoms with Crippen LogP contribution < -0.4 is 16.6 Å². The minimum Gasteiger partial charge on any atom is -0.394 e. The van der Waals surface area contributed by atoms with Crippen LogP contribution in [0.25, 0.3) is 0 Å². The number of aryl methyl sites for hydroxylation is 1. The number of nitrogens with zero attached hydrogens (tertiary/aromatic N) is 4. The minimum absolute atomic E-state index is 0.141. The first-order chi connectivity index (χ1) is 9.54. The molecule has 4 N–H and O–H groups in total. The summed E-state index contributed by atoms with van der Waals surface area (Å²) in [4.78, 5) is 11.9. The quantitative estimate of drug-likeness (QED) is 0.701. The molecule has 0 radical (unpaired) electrons. The van der Waals surface area contributed by atoms with Crippen molar-refractivity contribution >= 4 is 27.4 Å². The Morgan fingerprint density at radius 3 is 2.80 bits per heavy atom. The molecule has 0 spiro atoms. The summed E-state index contributed by atoms with van der Waals surface area (Å²) in [5, 5.41) is 19.9. The molecular formula is C11H15BrN6O2. The molecule has 0 aliphatic carbocycles. The van der Waals surface area contributed by atoms with E-state index < -0.39 is 0 Å². The van der Waals surface area contributed by atoms with Crippen LogP contribution in [-0.2, 0) is 20.1 Å². The van der Waals surface area contributed by atoms with Crippen LogP contribution in [0.2, 0.25) is 0 Å². The van der Waals surface area contributed by atoms with Gasteiger partial charge in [0.2, 0.25) is 0 Å². The molecule has 8 nitrogen and oxygen atoms in total. The second-order valence-electron chi connectivity index (χ2n) is 4.16. The number of anilines is 2. The van der Waals surface area contributed by atoms with E-state index in [1.165, 1.54) is 10.9 Å². The van der Waals surface area contributed by atoms with E-state index >= 15 is 0 Å². The van der Waals surface area contributed by atoms with Crippen molar-refractivity contribution in [2.75, 3.05) is 17.7 Å². The Morgan fingerprint density at radius 1 is 1.45 bits per heavy atom. The highest BCUT2D eigenvalue weighted by atomic mass is 79.9. The fourth-order valence-corrected chi connectivity index (χ4v) is 2.11. The van der Waals surface area contributed by atoms with Gasteiger partial charge in [-0.15, -0.1) is 0 Å². The zero-order valence-corrected chi connectivity index (χ0v) is 12.5. The van der Waals surface area contributed by atoms with Crippen LogP contribution in [0.15, 0.2) is 21.7 Å². The smallest absolute Gasteiger partial charge is 0.283 e. The highest BCUT2D eigenvalue weighted by molar-refractivity contribution is 9.10. The number of aliphatic hydroxyl groups excluding tert-OH is 1. The second kappa shape index (κ2) is 6.06. The van der Waals surface area contributed by atoms with Gasteiger partial charge < -0.3 is 16.2 Å². The number of hydrogen-bond acceptors (Lipinski definition) is 6. The fraction of sp³-hybridized carbons (Fsp3) is 0.364. The molecule has 0 aromatic carbocycles. The van der Waals surface area contributed by atoms with Gasteiger partial charge in [-0.3, -0.25) is 9.48 Å². The maximum Gasteiger partial charge on any atom is 0.283 e. The maximum absolute atomic E-state index is 11.9. The summed E-state index contributed by atoms with van der Waals surface area (Å²) in [6.45, 7) is 0.453. The summed E-state index contributed by atoms with van der Waals surface area (Å²) < 4.78 is 3.13. The van der Waals surface area contributed by atoms with E-state index in [2.05, 4.69) is 31.4 Å². The molecule has 0 bridgehead atoms. The Morgan fingerprint density at radius 2 is 2.20 bits per heavy atom. The molecule has 0 saturated carbocycles. The molecule has 2 rings (SSSR count). The van der Waals surface area contributed by atoms with Gasteiger partial charge in [0.15, 0.2) is 0 Å². The molecule has 0 atom stereocenters. The molecule has 0 saturated heterocycles. The number of rotatable bonds is 5. The Kier molecular flexibility index (Phi) is 4.40. The van der Waals surface area contributed by atoms with Crippen molar-refractivity contribution in [2.45, 2.75) is 13.1 Å². The molecule has 0 amide bonds. The Hall–Kier alpha value is -1.87. The van der Waals surface area contributed by atoms with Crippen LogP contribution in [0.1, 0.15) is 5.56 Å². The third-order valence-corrected chi connectivity index (χ3v) is 3.60. The summed E-state index contributed by atoms with van der Waals surface area (Å²) in [5.41, 5.74) is 6.93. The molecule has 0 fully saturated rings. The molecule has 2 aromatic heterocycles. The average molecular weight is 343 g/mol. The summed E-state index contributed by atoms with van der Waals surface area (Å²) in [5.74, 6) is 0.565. The zero-order valence-electron chi connectivity index (χ0n) is 10.9. The SMILES string of the molecule is Cn1ncc(CNc2cnn(CCO)c(=O)c2Br)c1N. The molecule has 9 heteroatoms. The highest BCUT2D eigenvalue weighted by Gasteiger charge is 2.10. The van der Waals surface area contributed by atoms with Crippen molar-refractivity contribution in [3.63, 3.8) is 0 Å². The number of hydrogen-bond donors (Lipinski definition) is 3. The summed E-state index contributed by atoms with van der Waals surface area (Å²) in [6.07, 6.45) is 3.18. The lowest BCUT2D eigenvalue weighted by molar-refractivity contribution is 0.266. The van der Waals surface area contributed by atoms with E-state index in [0.29, 0.717) is 22.5 Å². The first kappa shape index (κ1) is 14.5. The average Bonchev–Trinajstić information content (AvgIpc) is 2.75. The lowest BCUT2D eigenvalue weighted by Crippen LogP contribution is -2.25. The number of nitrogens with two attached hydrogens (primary N) is 1. The van der Waals surface area contributed by atoms with Gasteiger partial charge in [-0.05, 0) is 15.9 Å². The maximum atomic E-state index is 11.9. The van der Waals surface area contributed by atoms with Crippen LogP contribution in [0.5, 0.6) is 0 Å². The number of halogens is 1. The van der Waals surface area contributed by atoms with Gasteiger partial charge in [-0.25, -0.2) is 4.68 Å². The molecule has 2 heterocycles. The summed E-state index contributed by atoms with van der Waals surface area (Å²) in [7, 11) is 1.76. The Bertz CT molecular complexity index is 665. The van der Waals surface area contributed by atoms with Gasteiger partial charge in [-0.1, -0.05) is 0 Å². The van der Waals surface area contributed by atoms with Crippen molar-refractivity contribution in [3.05, 3.63) is 32.8 Å². The van der Waals surface area contributed by atoms with Crippen molar-refractivity contribution in [2.24, 2.45) is 7.05 Å². The molecular weight excluding hydrogens is 328 g/mol. The van der Waals surface area contributed by atoms with Crippen molar-refractivity contribution < 1.29 is 5.11 Å². The van der Waals surface area contributed by atoms with E-state index in [0.717, 1.165) is 5.56 Å². The topological polar surface area (TPSA) is 111 Å². The van der Waals surface area contributed by atoms with Gasteiger partial charge in [0.25, 0.3) is 5.56 Å². The predicted molar refractivity (Wildman–Crippen MR) is 78.2 cm³/mol. The molecule has 0 aliphatic rings. The van der Waals surface area contributed by atoms with E-state index in [1.54, 1.807) is 17.9 Å². The summed E-state index contributed by atoms with van der Waals surface area (Å²) >= 11 is 3.23.